The van der Waals surface area contributed by atoms with Crippen LogP contribution in [0, 0.1) is 0 Å². The van der Waals surface area contributed by atoms with Gasteiger partial charge in [-0.05, 0) is 77.0 Å². The zero-order valence-electron chi connectivity index (χ0n) is 65.8. The molecule has 0 amide bonds. The third kappa shape index (κ3) is 95.7. The molecule has 0 saturated carbocycles. The van der Waals surface area contributed by atoms with Crippen molar-refractivity contribution in [2.24, 2.45) is 0 Å². The third-order valence-corrected chi connectivity index (χ3v) is 20.0. The molecule has 0 aromatic heterocycles. The summed E-state index contributed by atoms with van der Waals surface area (Å²) in [5, 5.41) is 0. The number of thiocarbonyl (C=S) groups is 6. The van der Waals surface area contributed by atoms with Crippen molar-refractivity contribution in [3.63, 3.8) is 0 Å². The minimum absolute atomic E-state index is 0. The molecule has 0 aromatic carbocycles. The molecule has 0 unspecified atom stereocenters. The van der Waals surface area contributed by atoms with Gasteiger partial charge in [-0.15, -0.1) is 0 Å². The topological polar surface area (TPSA) is 19.4 Å². The van der Waals surface area contributed by atoms with Gasteiger partial charge >= 0.3 is 0 Å². The smallest absolute Gasteiger partial charge is 0.0162 e. The van der Waals surface area contributed by atoms with Crippen LogP contribution >= 0.6 is 73.3 Å². The van der Waals surface area contributed by atoms with Crippen molar-refractivity contribution in [1.29, 1.82) is 0 Å². The van der Waals surface area contributed by atoms with E-state index in [9.17, 15) is 0 Å². The summed E-state index contributed by atoms with van der Waals surface area (Å²) < 4.78 is 3.96. The average molecular weight is 1690 g/mol. The van der Waals surface area contributed by atoms with E-state index in [2.05, 4.69) is 112 Å². The van der Waals surface area contributed by atoms with Crippen molar-refractivity contribution in [2.75, 3.05) is 78.5 Å². The van der Waals surface area contributed by atoms with Gasteiger partial charge in [0.05, 0.1) is 0 Å². The second kappa shape index (κ2) is 98.7. The number of nitrogens with zero attached hydrogens (tertiary/aromatic N) is 6. The Morgan fingerprint density at radius 3 is 0.286 bits per heavy atom. The fourth-order valence-electron chi connectivity index (χ4n) is 10.5. The van der Waals surface area contributed by atoms with Gasteiger partial charge in [-0.25, -0.2) is 0 Å². The standard InChI is InChI=1S/6C13H27NS2.Mo.S/c6*1-3-5-7-9-11-14(13(15)16)12-10-8-6-4-2;;/h6*3-12H2,1-2H3,(H,15,16);;/q;;;;;;;-2/p-6. The Morgan fingerprint density at radius 2 is 0.235 bits per heavy atom. The van der Waals surface area contributed by atoms with Crippen molar-refractivity contribution in [3.8, 4) is 0 Å². The molecule has 0 radical (unpaired) electrons. The number of hydrogen-bond donors (Lipinski definition) is 0. The van der Waals surface area contributed by atoms with Gasteiger partial charge in [-0.2, -0.15) is 0 Å². The Hall–Kier alpha value is 1.70. The van der Waals surface area contributed by atoms with Crippen LogP contribution in [0.4, 0.5) is 0 Å². The summed E-state index contributed by atoms with van der Waals surface area (Å²) in [5.41, 5.74) is 0. The van der Waals surface area contributed by atoms with E-state index in [-0.39, 0.29) is 34.6 Å². The molecule has 0 fully saturated rings. The average Bonchev–Trinajstić information content (AvgIpc) is 3.22. The van der Waals surface area contributed by atoms with Gasteiger partial charge in [0.15, 0.2) is 0 Å². The normalized spacial score (nSPS) is 10.2. The summed E-state index contributed by atoms with van der Waals surface area (Å²) >= 11 is 61.4. The summed E-state index contributed by atoms with van der Waals surface area (Å²) in [4.78, 5) is 13.2. The number of unbranched alkanes of at least 4 members (excludes halogenated alkanes) is 36. The Labute approximate surface area is 701 Å². The quantitative estimate of drug-likeness (QED) is 0.0249. The van der Waals surface area contributed by atoms with E-state index in [1.165, 1.54) is 308 Å². The molecular formula is C78H156MoN6S13-8. The molecule has 590 valence electrons. The van der Waals surface area contributed by atoms with E-state index in [1.807, 2.05) is 0 Å². The van der Waals surface area contributed by atoms with E-state index in [0.29, 0.717) is 25.9 Å². The van der Waals surface area contributed by atoms with Crippen LogP contribution in [0.25, 0.3) is 0 Å². The van der Waals surface area contributed by atoms with Crippen LogP contribution in [0.3, 0.4) is 0 Å². The SMILES string of the molecule is CCCCCCN(CCCCCC)C(=S)[S-].CCCCCCN(CCCCCC)C(=S)[S-].CCCCCCN(CCCCCC)C(=S)[S-].CCCCCCN(CCCCCC)C(=S)[S-].CCCCCCN(CCCCCC)C(=S)[S-].CCCCCCN(CCCCCC)C(=S)[S-].[Mo].[S-2]. The summed E-state index contributed by atoms with van der Waals surface area (Å²) in [6, 6.07) is 0. The maximum absolute atomic E-state index is 5.11. The van der Waals surface area contributed by atoms with Gasteiger partial charge in [-0.1, -0.05) is 340 Å². The maximum Gasteiger partial charge on any atom is 0.0162 e. The zero-order valence-corrected chi connectivity index (χ0v) is 78.4. The van der Waals surface area contributed by atoms with Gasteiger partial charge in [-0.3, -0.25) is 0 Å². The molecule has 0 saturated heterocycles. The van der Waals surface area contributed by atoms with E-state index < -0.39 is 0 Å². The van der Waals surface area contributed by atoms with Crippen LogP contribution in [0.15, 0.2) is 0 Å². The summed E-state index contributed by atoms with van der Waals surface area (Å²) in [5.74, 6) is 0. The second-order valence-electron chi connectivity index (χ2n) is 26.2. The third-order valence-electron chi connectivity index (χ3n) is 16.9. The van der Waals surface area contributed by atoms with Crippen molar-refractivity contribution in [1.82, 2.24) is 29.4 Å². The Bertz CT molecular complexity index is 1260. The molecule has 98 heavy (non-hydrogen) atoms. The molecule has 0 spiro atoms. The van der Waals surface area contributed by atoms with Crippen molar-refractivity contribution in [3.05, 3.63) is 0 Å². The summed E-state index contributed by atoms with van der Waals surface area (Å²) in [6.07, 6.45) is 61.8. The molecule has 6 nitrogen and oxygen atoms in total. The first-order valence-electron chi connectivity index (χ1n) is 40.1. The second-order valence-corrected chi connectivity index (χ2v) is 32.4. The molecule has 0 rings (SSSR count). The number of rotatable bonds is 60. The molecule has 0 heterocycles. The fourth-order valence-corrected chi connectivity index (χ4v) is 12.7. The van der Waals surface area contributed by atoms with Crippen LogP contribution in [-0.2, 0) is 110 Å². The first-order chi connectivity index (χ1) is 46.3. The van der Waals surface area contributed by atoms with Gasteiger partial charge in [0.2, 0.25) is 0 Å². The van der Waals surface area contributed by atoms with Crippen molar-refractivity contribution < 1.29 is 21.1 Å². The van der Waals surface area contributed by atoms with Gasteiger partial charge in [0.1, 0.15) is 0 Å². The first-order valence-corrected chi connectivity index (χ1v) is 45.0. The molecule has 0 bridgehead atoms. The Morgan fingerprint density at radius 1 is 0.163 bits per heavy atom. The van der Waals surface area contributed by atoms with Gasteiger partial charge in [0.25, 0.3) is 0 Å². The van der Waals surface area contributed by atoms with Crippen molar-refractivity contribution in [2.45, 2.75) is 391 Å². The summed E-state index contributed by atoms with van der Waals surface area (Å²) in [6.45, 7) is 39.6. The zero-order chi connectivity index (χ0) is 73.4. The summed E-state index contributed by atoms with van der Waals surface area (Å²) in [7, 11) is 0. The molecule has 0 aliphatic carbocycles. The molecular weight excluding hydrogens is 1530 g/mol. The minimum atomic E-state index is 0. The maximum atomic E-state index is 5.11. The van der Waals surface area contributed by atoms with Gasteiger partial charge < -0.3 is 192 Å². The van der Waals surface area contributed by atoms with Crippen LogP contribution in [0.5, 0.6) is 0 Å². The van der Waals surface area contributed by atoms with Crippen LogP contribution in [0.2, 0.25) is 0 Å². The number of hydrogen-bond acceptors (Lipinski definition) is 12. The van der Waals surface area contributed by atoms with E-state index >= 15 is 0 Å². The monoisotopic (exact) mass is 1690 g/mol. The Kier molecular flexibility index (Phi) is 116. The van der Waals surface area contributed by atoms with Crippen LogP contribution < -0.4 is 0 Å². The van der Waals surface area contributed by atoms with E-state index in [0.717, 1.165) is 78.5 Å². The van der Waals surface area contributed by atoms with E-state index in [1.54, 1.807) is 0 Å². The first kappa shape index (κ1) is 116. The van der Waals surface area contributed by atoms with E-state index in [4.69, 9.17) is 149 Å². The predicted octanol–water partition coefficient (Wildman–Crippen LogP) is 25.7. The molecule has 0 aliphatic heterocycles. The van der Waals surface area contributed by atoms with Crippen LogP contribution in [0.1, 0.15) is 391 Å². The molecule has 0 atom stereocenters. The fraction of sp³-hybridized carbons (Fsp3) is 0.923. The van der Waals surface area contributed by atoms with Crippen LogP contribution in [-0.4, -0.2) is 134 Å². The molecule has 0 N–H and O–H groups in total. The minimum Gasteiger partial charge on any atom is -2.00 e. The largest absolute Gasteiger partial charge is 2.00 e. The predicted molar refractivity (Wildman–Crippen MR) is 486 cm³/mol. The molecule has 0 aliphatic rings. The molecule has 0 aromatic rings. The van der Waals surface area contributed by atoms with Crippen molar-refractivity contribution >= 4 is 188 Å². The van der Waals surface area contributed by atoms with Gasteiger partial charge in [0, 0.05) is 99.6 Å². The molecule has 20 heteroatoms. The Balaban J connectivity index is -0.000000165.